The Morgan fingerprint density at radius 1 is 1.42 bits per heavy atom. The van der Waals surface area contributed by atoms with E-state index >= 15 is 0 Å². The van der Waals surface area contributed by atoms with Gasteiger partial charge in [-0.2, -0.15) is 0 Å². The lowest BCUT2D eigenvalue weighted by Gasteiger charge is -2.30. The van der Waals surface area contributed by atoms with Crippen molar-refractivity contribution in [2.45, 2.75) is 25.3 Å². The van der Waals surface area contributed by atoms with E-state index in [2.05, 4.69) is 10.6 Å². The Morgan fingerprint density at radius 2 is 2.11 bits per heavy atom. The van der Waals surface area contributed by atoms with Crippen LogP contribution in [0.1, 0.15) is 19.8 Å². The van der Waals surface area contributed by atoms with E-state index in [0.29, 0.717) is 6.54 Å². The lowest BCUT2D eigenvalue weighted by atomic mass is 9.96. The monoisotopic (exact) mass is 294 g/mol. The number of methoxy groups -OCH3 is 2. The van der Waals surface area contributed by atoms with Crippen molar-refractivity contribution in [3.8, 4) is 0 Å². The molecule has 0 aromatic heterocycles. The Morgan fingerprint density at radius 3 is 2.58 bits per heavy atom. The summed E-state index contributed by atoms with van der Waals surface area (Å²) >= 11 is 0. The van der Waals surface area contributed by atoms with E-state index in [1.807, 2.05) is 0 Å². The van der Waals surface area contributed by atoms with Crippen molar-refractivity contribution in [1.29, 1.82) is 0 Å². The molecule has 1 rings (SSSR count). The van der Waals surface area contributed by atoms with Gasteiger partial charge in [-0.25, -0.2) is 4.79 Å². The summed E-state index contributed by atoms with van der Waals surface area (Å²) in [5.74, 6) is -0.729. The summed E-state index contributed by atoms with van der Waals surface area (Å²) < 4.78 is 9.69. The molecule has 0 aromatic carbocycles. The van der Waals surface area contributed by atoms with Crippen LogP contribution >= 0.6 is 12.4 Å². The number of piperidine rings is 1. The number of rotatable bonds is 5. The highest BCUT2D eigenvalue weighted by Gasteiger charge is 2.38. The standard InChI is InChI=1S/C12H22N2O4.ClH/c1-12(8-17-2,11(16)18-3)14-10(15)9-5-4-6-13-7-9;/h9,13H,4-8H2,1-3H3,(H,14,15);1H. The second-order valence-corrected chi connectivity index (χ2v) is 4.79. The molecular formula is C12H23ClN2O4. The summed E-state index contributed by atoms with van der Waals surface area (Å²) in [6, 6.07) is 0. The maximum atomic E-state index is 12.1. The minimum Gasteiger partial charge on any atom is -0.467 e. The molecule has 0 radical (unpaired) electrons. The maximum Gasteiger partial charge on any atom is 0.333 e. The van der Waals surface area contributed by atoms with Crippen LogP contribution in [0.3, 0.4) is 0 Å². The first kappa shape index (κ1) is 18.1. The van der Waals surface area contributed by atoms with Gasteiger partial charge < -0.3 is 20.1 Å². The van der Waals surface area contributed by atoms with Crippen molar-refractivity contribution >= 4 is 24.3 Å². The van der Waals surface area contributed by atoms with E-state index in [0.717, 1.165) is 19.4 Å². The first-order valence-corrected chi connectivity index (χ1v) is 6.13. The Bertz CT molecular complexity index is 308. The smallest absolute Gasteiger partial charge is 0.333 e. The second-order valence-electron chi connectivity index (χ2n) is 4.79. The highest BCUT2D eigenvalue weighted by Crippen LogP contribution is 2.13. The number of carbonyl (C=O) groups is 2. The van der Waals surface area contributed by atoms with Crippen LogP contribution in [-0.2, 0) is 19.1 Å². The van der Waals surface area contributed by atoms with Crippen molar-refractivity contribution in [3.05, 3.63) is 0 Å². The fourth-order valence-electron chi connectivity index (χ4n) is 2.11. The van der Waals surface area contributed by atoms with Gasteiger partial charge in [0, 0.05) is 13.7 Å². The third-order valence-corrected chi connectivity index (χ3v) is 3.14. The van der Waals surface area contributed by atoms with Crippen LogP contribution in [0.25, 0.3) is 0 Å². The van der Waals surface area contributed by atoms with Crippen molar-refractivity contribution in [3.63, 3.8) is 0 Å². The quantitative estimate of drug-likeness (QED) is 0.704. The van der Waals surface area contributed by atoms with Gasteiger partial charge in [0.1, 0.15) is 0 Å². The summed E-state index contributed by atoms with van der Waals surface area (Å²) in [5, 5.41) is 5.90. The van der Waals surface area contributed by atoms with Gasteiger partial charge in [0.25, 0.3) is 0 Å². The van der Waals surface area contributed by atoms with Crippen LogP contribution in [0.2, 0.25) is 0 Å². The molecule has 2 N–H and O–H groups in total. The van der Waals surface area contributed by atoms with Crippen molar-refractivity contribution in [1.82, 2.24) is 10.6 Å². The van der Waals surface area contributed by atoms with Crippen LogP contribution in [0.15, 0.2) is 0 Å². The van der Waals surface area contributed by atoms with Crippen molar-refractivity contribution < 1.29 is 19.1 Å². The van der Waals surface area contributed by atoms with Gasteiger partial charge in [0.15, 0.2) is 5.54 Å². The average molecular weight is 295 g/mol. The van der Waals surface area contributed by atoms with Crippen LogP contribution in [0, 0.1) is 5.92 Å². The topological polar surface area (TPSA) is 76.7 Å². The molecule has 1 fully saturated rings. The highest BCUT2D eigenvalue weighted by molar-refractivity contribution is 5.89. The number of amides is 1. The number of hydrogen-bond acceptors (Lipinski definition) is 5. The summed E-state index contributed by atoms with van der Waals surface area (Å²) in [6.45, 7) is 3.29. The third-order valence-electron chi connectivity index (χ3n) is 3.14. The Labute approximate surface area is 120 Å². The van der Waals surface area contributed by atoms with Crippen molar-refractivity contribution in [2.75, 3.05) is 33.9 Å². The lowest BCUT2D eigenvalue weighted by molar-refractivity contribution is -0.153. The predicted octanol–water partition coefficient (Wildman–Crippen LogP) is 0.102. The van der Waals surface area contributed by atoms with E-state index in [-0.39, 0.29) is 30.8 Å². The molecule has 0 spiro atoms. The average Bonchev–Trinajstić information content (AvgIpc) is 2.39. The molecule has 6 nitrogen and oxygen atoms in total. The fraction of sp³-hybridized carbons (Fsp3) is 0.833. The fourth-order valence-corrected chi connectivity index (χ4v) is 2.11. The Kier molecular flexibility index (Phi) is 7.97. The molecule has 19 heavy (non-hydrogen) atoms. The van der Waals surface area contributed by atoms with Gasteiger partial charge in [-0.1, -0.05) is 0 Å². The third kappa shape index (κ3) is 4.97. The molecule has 0 saturated carbocycles. The highest BCUT2D eigenvalue weighted by atomic mass is 35.5. The number of carbonyl (C=O) groups excluding carboxylic acids is 2. The van der Waals surface area contributed by atoms with Crippen LogP contribution in [-0.4, -0.2) is 51.3 Å². The Balaban J connectivity index is 0.00000324. The minimum atomic E-state index is -1.13. The van der Waals surface area contributed by atoms with Gasteiger partial charge in [-0.15, -0.1) is 12.4 Å². The molecule has 0 aromatic rings. The minimum absolute atomic E-state index is 0. The van der Waals surface area contributed by atoms with E-state index in [4.69, 9.17) is 9.47 Å². The maximum absolute atomic E-state index is 12.1. The second kappa shape index (κ2) is 8.35. The summed E-state index contributed by atoms with van der Waals surface area (Å²) in [6.07, 6.45) is 1.81. The number of esters is 1. The summed E-state index contributed by atoms with van der Waals surface area (Å²) in [4.78, 5) is 23.8. The molecule has 2 unspecified atom stereocenters. The Hall–Kier alpha value is -0.850. The van der Waals surface area contributed by atoms with E-state index in [9.17, 15) is 9.59 Å². The number of halogens is 1. The normalized spacial score (nSPS) is 21.7. The van der Waals surface area contributed by atoms with E-state index in [1.54, 1.807) is 6.92 Å². The summed E-state index contributed by atoms with van der Waals surface area (Å²) in [5.41, 5.74) is -1.13. The molecule has 2 atom stereocenters. The SMILES string of the molecule is COCC(C)(NC(=O)C1CCCNC1)C(=O)OC.Cl. The van der Waals surface area contributed by atoms with E-state index in [1.165, 1.54) is 14.2 Å². The first-order chi connectivity index (χ1) is 8.53. The van der Waals surface area contributed by atoms with E-state index < -0.39 is 11.5 Å². The van der Waals surface area contributed by atoms with Gasteiger partial charge in [0.05, 0.1) is 19.6 Å². The largest absolute Gasteiger partial charge is 0.467 e. The van der Waals surface area contributed by atoms with Gasteiger partial charge >= 0.3 is 5.97 Å². The van der Waals surface area contributed by atoms with Crippen LogP contribution in [0.5, 0.6) is 0 Å². The molecule has 0 bridgehead atoms. The zero-order chi connectivity index (χ0) is 13.6. The van der Waals surface area contributed by atoms with Crippen LogP contribution < -0.4 is 10.6 Å². The molecule has 1 amide bonds. The number of nitrogens with one attached hydrogen (secondary N) is 2. The zero-order valence-electron chi connectivity index (χ0n) is 11.7. The molecule has 7 heteroatoms. The molecule has 1 aliphatic rings. The molecule has 1 aliphatic heterocycles. The predicted molar refractivity (Wildman–Crippen MR) is 73.3 cm³/mol. The summed E-state index contributed by atoms with van der Waals surface area (Å²) in [7, 11) is 2.78. The van der Waals surface area contributed by atoms with Gasteiger partial charge in [0.2, 0.25) is 5.91 Å². The number of ether oxygens (including phenoxy) is 2. The molecule has 1 heterocycles. The van der Waals surface area contributed by atoms with Gasteiger partial charge in [-0.3, -0.25) is 4.79 Å². The molecule has 1 saturated heterocycles. The number of hydrogen-bond donors (Lipinski definition) is 2. The van der Waals surface area contributed by atoms with Crippen molar-refractivity contribution in [2.24, 2.45) is 5.92 Å². The van der Waals surface area contributed by atoms with Gasteiger partial charge in [-0.05, 0) is 26.3 Å². The molecular weight excluding hydrogens is 272 g/mol. The van der Waals surface area contributed by atoms with Crippen LogP contribution in [0.4, 0.5) is 0 Å². The lowest BCUT2D eigenvalue weighted by Crippen LogP contribution is -2.58. The zero-order valence-corrected chi connectivity index (χ0v) is 12.5. The first-order valence-electron chi connectivity index (χ1n) is 6.13. The molecule has 0 aliphatic carbocycles. The molecule has 112 valence electrons.